The van der Waals surface area contributed by atoms with Crippen molar-refractivity contribution in [3.63, 3.8) is 0 Å². The van der Waals surface area contributed by atoms with Crippen LogP contribution in [0.1, 0.15) is 0 Å². The fourth-order valence-corrected chi connectivity index (χ4v) is 0. The molecule has 1 N–H and O–H groups in total. The molecule has 0 aliphatic heterocycles. The van der Waals surface area contributed by atoms with Crippen LogP contribution in [0.4, 0.5) is 0 Å². The van der Waals surface area contributed by atoms with Crippen molar-refractivity contribution < 1.29 is 5.48 Å². The van der Waals surface area contributed by atoms with E-state index in [0.29, 0.717) is 0 Å². The summed E-state index contributed by atoms with van der Waals surface area (Å²) in [6.45, 7) is 0. The van der Waals surface area contributed by atoms with Gasteiger partial charge in [-0.3, -0.25) is 0 Å². The minimum atomic E-state index is 0. The SMILES string of the molecule is [InH3].[MgH+].[OH-].[SnH2]. The number of hydrogen-bond donors (Lipinski definition) is 0. The molecule has 0 aromatic rings. The Morgan fingerprint density at radius 1 is 1.00 bits per heavy atom. The van der Waals surface area contributed by atoms with Gasteiger partial charge in [-0.2, -0.15) is 0 Å². The molecule has 0 saturated heterocycles. The van der Waals surface area contributed by atoms with Crippen molar-refractivity contribution in [2.45, 2.75) is 0 Å². The van der Waals surface area contributed by atoms with Gasteiger partial charge >= 0.3 is 72.8 Å². The molecule has 0 fully saturated rings. The van der Waals surface area contributed by atoms with Gasteiger partial charge in [0.15, 0.2) is 0 Å². The first-order valence-electron chi connectivity index (χ1n) is 0. The maximum atomic E-state index is 0. The molecule has 0 aromatic heterocycles. The average Bonchev–Trinajstić information content (AvgIpc) is 0. The topological polar surface area (TPSA) is 30.0 Å². The molecule has 0 atom stereocenters. The van der Waals surface area contributed by atoms with Crippen LogP contribution in [0.5, 0.6) is 0 Å². The summed E-state index contributed by atoms with van der Waals surface area (Å²) in [5.41, 5.74) is 0. The normalized spacial score (nSPS) is 0. The van der Waals surface area contributed by atoms with Crippen molar-refractivity contribution in [3.05, 3.63) is 0 Å². The van der Waals surface area contributed by atoms with E-state index in [-0.39, 0.29) is 78.3 Å². The Morgan fingerprint density at radius 3 is 1.00 bits per heavy atom. The Bertz CT molecular complexity index is 8.00. The summed E-state index contributed by atoms with van der Waals surface area (Å²) in [5.74, 6) is 0. The molecule has 1 nitrogen and oxygen atoms in total. The molecule has 4 heavy (non-hydrogen) atoms. The Labute approximate surface area is 77.1 Å². The van der Waals surface area contributed by atoms with E-state index in [9.17, 15) is 0 Å². The van der Waals surface area contributed by atoms with Crippen molar-refractivity contribution >= 4 is 72.8 Å². The predicted octanol–water partition coefficient (Wildman–Crippen LogP) is -2.93. The summed E-state index contributed by atoms with van der Waals surface area (Å²) >= 11 is 0. The van der Waals surface area contributed by atoms with Crippen LogP contribution in [0.2, 0.25) is 0 Å². The van der Waals surface area contributed by atoms with Gasteiger partial charge in [-0.1, -0.05) is 0 Å². The summed E-state index contributed by atoms with van der Waals surface area (Å²) in [7, 11) is 0. The van der Waals surface area contributed by atoms with E-state index in [1.54, 1.807) is 0 Å². The summed E-state index contributed by atoms with van der Waals surface area (Å²) in [6.07, 6.45) is 0. The molecule has 0 bridgehead atoms. The third-order valence-corrected chi connectivity index (χ3v) is 0. The zero-order chi connectivity index (χ0) is 0. The van der Waals surface area contributed by atoms with E-state index in [2.05, 4.69) is 0 Å². The van der Waals surface area contributed by atoms with Gasteiger partial charge < -0.3 is 5.48 Å². The van der Waals surface area contributed by atoms with Crippen molar-refractivity contribution in [1.82, 2.24) is 0 Å². The van der Waals surface area contributed by atoms with Gasteiger partial charge in [-0.15, -0.1) is 0 Å². The Balaban J connectivity index is 0. The van der Waals surface area contributed by atoms with Crippen LogP contribution < -0.4 is 0 Å². The number of hydrogen-bond acceptors (Lipinski definition) is 1. The molecule has 0 aromatic carbocycles. The third kappa shape index (κ3) is 8.83. The maximum absolute atomic E-state index is 0. The second-order valence-corrected chi connectivity index (χ2v) is 0. The first kappa shape index (κ1) is 32.4. The minimum absolute atomic E-state index is 0. The second kappa shape index (κ2) is 18.2. The van der Waals surface area contributed by atoms with Crippen molar-refractivity contribution in [1.29, 1.82) is 0 Å². The van der Waals surface area contributed by atoms with E-state index in [1.165, 1.54) is 0 Å². The van der Waals surface area contributed by atoms with E-state index < -0.39 is 0 Å². The zero-order valence-electron chi connectivity index (χ0n) is 2.15. The molecule has 0 saturated carbocycles. The van der Waals surface area contributed by atoms with Gasteiger partial charge in [0.1, 0.15) is 0 Å². The molecular weight excluding hydrogens is 274 g/mol. The van der Waals surface area contributed by atoms with Crippen molar-refractivity contribution in [2.24, 2.45) is 0 Å². The van der Waals surface area contributed by atoms with Crippen LogP contribution in [0.15, 0.2) is 0 Å². The quantitative estimate of drug-likeness (QED) is 0.437. The van der Waals surface area contributed by atoms with E-state index >= 15 is 0 Å². The molecule has 0 aliphatic carbocycles. The summed E-state index contributed by atoms with van der Waals surface area (Å²) < 4.78 is 0. The molecule has 0 heterocycles. The van der Waals surface area contributed by atoms with Crippen LogP contribution >= 0.6 is 0 Å². The van der Waals surface area contributed by atoms with Gasteiger partial charge in [0, 0.05) is 0 Å². The average molecular weight is 281 g/mol. The molecule has 0 amide bonds. The fraction of sp³-hybridized carbons (Fsp3) is 0. The third-order valence-electron chi connectivity index (χ3n) is 0. The van der Waals surface area contributed by atoms with Crippen LogP contribution in [0, 0.1) is 0 Å². The molecule has 2 radical (unpaired) electrons. The Hall–Kier alpha value is 2.40. The van der Waals surface area contributed by atoms with E-state index in [4.69, 9.17) is 0 Å². The predicted molar refractivity (Wildman–Crippen MR) is 27.6 cm³/mol. The molecule has 0 aliphatic rings. The molecule has 0 rings (SSSR count). The Morgan fingerprint density at radius 2 is 1.00 bits per heavy atom. The zero-order valence-corrected chi connectivity index (χ0v) is 8.19. The summed E-state index contributed by atoms with van der Waals surface area (Å²) in [4.78, 5) is 0. The van der Waals surface area contributed by atoms with Gasteiger partial charge in [-0.25, -0.2) is 0 Å². The van der Waals surface area contributed by atoms with Crippen molar-refractivity contribution in [3.8, 4) is 0 Å². The molecule has 22 valence electrons. The molecule has 0 spiro atoms. The first-order chi connectivity index (χ1) is 0. The second-order valence-electron chi connectivity index (χ2n) is 0. The van der Waals surface area contributed by atoms with Crippen LogP contribution in [0.3, 0.4) is 0 Å². The van der Waals surface area contributed by atoms with Crippen LogP contribution in [0.25, 0.3) is 0 Å². The molecule has 0 unspecified atom stereocenters. The van der Waals surface area contributed by atoms with Gasteiger partial charge in [0.25, 0.3) is 0 Å². The molecule has 4 heteroatoms. The van der Waals surface area contributed by atoms with Crippen LogP contribution in [-0.4, -0.2) is 78.3 Å². The summed E-state index contributed by atoms with van der Waals surface area (Å²) in [6, 6.07) is 0. The standard InChI is InChI=1S/In.Mg.H2O.Sn.6H/h;;1H2;;;;;;;/q;+1;;;;;;;;/p-1. The van der Waals surface area contributed by atoms with Crippen LogP contribution in [-0.2, 0) is 0 Å². The van der Waals surface area contributed by atoms with Crippen molar-refractivity contribution in [2.75, 3.05) is 0 Å². The monoisotopic (exact) mass is 282 g/mol. The van der Waals surface area contributed by atoms with Gasteiger partial charge in [0.05, 0.1) is 0 Å². The van der Waals surface area contributed by atoms with E-state index in [1.807, 2.05) is 0 Å². The van der Waals surface area contributed by atoms with E-state index in [0.717, 1.165) is 0 Å². The molecular formula is H7InMgOSn. The fourth-order valence-electron chi connectivity index (χ4n) is 0. The first-order valence-corrected chi connectivity index (χ1v) is 0. The van der Waals surface area contributed by atoms with Gasteiger partial charge in [-0.05, 0) is 0 Å². The summed E-state index contributed by atoms with van der Waals surface area (Å²) in [5, 5.41) is 0. The van der Waals surface area contributed by atoms with Gasteiger partial charge in [0.2, 0.25) is 0 Å². The number of rotatable bonds is 0. The Kier molecular flexibility index (Phi) is 147.